The molecule has 0 aliphatic carbocycles. The van der Waals surface area contributed by atoms with E-state index in [0.717, 1.165) is 0 Å². The van der Waals surface area contributed by atoms with Gasteiger partial charge in [0.05, 0.1) is 12.8 Å². The molecule has 30 heteroatoms. The topological polar surface area (TPSA) is 524 Å². The molecule has 1 fully saturated rings. The molecule has 1 heterocycles. The number of primary amides is 2. The SMILES string of the molecule is CC(C)[C@H](NC(=O)[C@H](Cc1ccccc1)NC(=O)[C@@H](Cc1ccc(O)cc1)NC(=O)Cc1ccccc1)C(=O)N[C@@H](CC(N)=O)C(=O)N[C@@H](CCCN=C(N)N)C(=O)N1CCC[C@H]1C(=O)N[C@@H](CCCN=C(N)N)C(=O)N[C@@H](CCCN=C(N)N)C(N)=O. The summed E-state index contributed by atoms with van der Waals surface area (Å²) in [5.74, 6) is -9.63. The average Bonchev–Trinajstić information content (AvgIpc) is 4.17. The summed E-state index contributed by atoms with van der Waals surface area (Å²) in [5, 5.41) is 28.6. The van der Waals surface area contributed by atoms with Crippen molar-refractivity contribution in [2.45, 2.75) is 139 Å². The van der Waals surface area contributed by atoms with Gasteiger partial charge in [-0.15, -0.1) is 0 Å². The number of carbonyl (C=O) groups excluding carboxylic acids is 10. The zero-order valence-corrected chi connectivity index (χ0v) is 49.5. The van der Waals surface area contributed by atoms with Crippen LogP contribution in [0.4, 0.5) is 0 Å². The standard InChI is InChI=1S/C58H85N19O11/c1-33(2)47(76-52(85)42(29-34-13-5-3-6-14-34)74-50(83)41(30-36-21-23-37(78)24-22-36)70-46(80)31-35-15-7-4-8-16-35)54(87)75-43(32-45(59)79)51(84)73-40(19-11-27-69-58(65)66)55(88)77-28-12-20-44(77)53(86)72-39(18-10-26-68-57(63)64)49(82)71-38(48(60)81)17-9-25-67-56(61)62/h3-8,13-16,21-24,33,38-44,47,78H,9-12,17-20,25-32H2,1-2H3,(H2,59,79)(H2,60,81)(H,70,80)(H,71,82)(H,72,86)(H,73,84)(H,74,83)(H,75,87)(H,76,85)(H4,61,62,67)(H4,63,64,68)(H4,65,66,69)/t38-,39-,40-,41+,42-,43-,44-,47-/m0/s1. The van der Waals surface area contributed by atoms with E-state index in [1.54, 1.807) is 86.6 Å². The third-order valence-corrected chi connectivity index (χ3v) is 14.0. The molecule has 0 bridgehead atoms. The fourth-order valence-corrected chi connectivity index (χ4v) is 9.53. The minimum absolute atomic E-state index is 0.00592. The van der Waals surface area contributed by atoms with Gasteiger partial charge in [0.15, 0.2) is 17.9 Å². The van der Waals surface area contributed by atoms with Gasteiger partial charge < -0.3 is 93.1 Å². The van der Waals surface area contributed by atoms with Gasteiger partial charge in [0, 0.05) is 39.0 Å². The number of nitrogens with zero attached hydrogens (tertiary/aromatic N) is 4. The quantitative estimate of drug-likeness (QED) is 0.0150. The number of rotatable bonds is 36. The van der Waals surface area contributed by atoms with E-state index < -0.39 is 120 Å². The number of nitrogens with one attached hydrogen (secondary N) is 7. The van der Waals surface area contributed by atoms with Crippen LogP contribution in [0.3, 0.4) is 0 Å². The van der Waals surface area contributed by atoms with E-state index in [4.69, 9.17) is 45.9 Å². The summed E-state index contributed by atoms with van der Waals surface area (Å²) in [7, 11) is 0. The molecule has 0 unspecified atom stereocenters. The molecule has 0 saturated carbocycles. The van der Waals surface area contributed by atoms with Gasteiger partial charge in [-0.2, -0.15) is 0 Å². The Morgan fingerprint density at radius 1 is 0.511 bits per heavy atom. The molecule has 0 spiro atoms. The number of hydrogen-bond acceptors (Lipinski definition) is 14. The highest BCUT2D eigenvalue weighted by Gasteiger charge is 2.41. The average molecular weight is 1220 g/mol. The van der Waals surface area contributed by atoms with Crippen LogP contribution in [0, 0.1) is 5.92 Å². The number of benzene rings is 3. The van der Waals surface area contributed by atoms with E-state index in [2.05, 4.69) is 52.2 Å². The smallest absolute Gasteiger partial charge is 0.245 e. The Kier molecular flexibility index (Phi) is 28.9. The lowest BCUT2D eigenvalue weighted by Crippen LogP contribution is -2.61. The molecule has 3 aromatic carbocycles. The van der Waals surface area contributed by atoms with Crippen molar-refractivity contribution in [2.75, 3.05) is 26.2 Å². The lowest BCUT2D eigenvalue weighted by molar-refractivity contribution is -0.143. The van der Waals surface area contributed by atoms with Crippen LogP contribution in [0.5, 0.6) is 5.75 Å². The Morgan fingerprint density at radius 3 is 1.48 bits per heavy atom. The largest absolute Gasteiger partial charge is 0.508 e. The fourth-order valence-electron chi connectivity index (χ4n) is 9.53. The van der Waals surface area contributed by atoms with Gasteiger partial charge in [-0.1, -0.05) is 86.6 Å². The first-order valence-electron chi connectivity index (χ1n) is 28.8. The van der Waals surface area contributed by atoms with Crippen molar-refractivity contribution in [3.05, 3.63) is 102 Å². The molecule has 88 heavy (non-hydrogen) atoms. The van der Waals surface area contributed by atoms with Crippen LogP contribution in [0.25, 0.3) is 0 Å². The predicted octanol–water partition coefficient (Wildman–Crippen LogP) is -4.02. The molecule has 24 N–H and O–H groups in total. The van der Waals surface area contributed by atoms with E-state index in [0.29, 0.717) is 23.1 Å². The number of amides is 10. The molecule has 0 radical (unpaired) electrons. The zero-order valence-electron chi connectivity index (χ0n) is 49.5. The van der Waals surface area contributed by atoms with Crippen LogP contribution >= 0.6 is 0 Å². The third-order valence-electron chi connectivity index (χ3n) is 14.0. The van der Waals surface area contributed by atoms with Crippen LogP contribution in [-0.4, -0.2) is 161 Å². The van der Waals surface area contributed by atoms with Crippen molar-refractivity contribution < 1.29 is 53.1 Å². The normalized spacial score (nSPS) is 15.0. The van der Waals surface area contributed by atoms with Gasteiger partial charge in [0.2, 0.25) is 59.1 Å². The molecule has 8 atom stereocenters. The molecular weight excluding hydrogens is 1140 g/mol. The van der Waals surface area contributed by atoms with Gasteiger partial charge >= 0.3 is 0 Å². The first kappa shape index (κ1) is 70.5. The van der Waals surface area contributed by atoms with Crippen LogP contribution in [-0.2, 0) is 67.2 Å². The summed E-state index contributed by atoms with van der Waals surface area (Å²) in [4.78, 5) is 152. The van der Waals surface area contributed by atoms with E-state index in [1.165, 1.54) is 17.0 Å². The van der Waals surface area contributed by atoms with E-state index >= 15 is 0 Å². The van der Waals surface area contributed by atoms with Crippen molar-refractivity contribution in [1.29, 1.82) is 0 Å². The van der Waals surface area contributed by atoms with Crippen LogP contribution < -0.4 is 83.1 Å². The Morgan fingerprint density at radius 2 is 0.955 bits per heavy atom. The first-order valence-corrected chi connectivity index (χ1v) is 28.8. The molecular formula is C58H85N19O11. The molecule has 30 nitrogen and oxygen atoms in total. The van der Waals surface area contributed by atoms with Gasteiger partial charge in [-0.3, -0.25) is 62.9 Å². The molecule has 1 aliphatic heterocycles. The second kappa shape index (κ2) is 36.1. The van der Waals surface area contributed by atoms with Gasteiger partial charge in [0.25, 0.3) is 0 Å². The second-order valence-corrected chi connectivity index (χ2v) is 21.5. The third kappa shape index (κ3) is 24.9. The summed E-state index contributed by atoms with van der Waals surface area (Å²) < 4.78 is 0. The maximum absolute atomic E-state index is 14.7. The minimum Gasteiger partial charge on any atom is -0.508 e. The van der Waals surface area contributed by atoms with Gasteiger partial charge in [0.1, 0.15) is 54.1 Å². The van der Waals surface area contributed by atoms with Crippen molar-refractivity contribution in [3.63, 3.8) is 0 Å². The van der Waals surface area contributed by atoms with Crippen LogP contribution in [0.2, 0.25) is 0 Å². The molecule has 4 rings (SSSR count). The van der Waals surface area contributed by atoms with Crippen molar-refractivity contribution >= 4 is 77.0 Å². The Balaban J connectivity index is 1.58. The molecule has 10 amide bonds. The molecule has 0 aromatic heterocycles. The minimum atomic E-state index is -1.75. The van der Waals surface area contributed by atoms with Gasteiger partial charge in [-0.25, -0.2) is 0 Å². The molecule has 478 valence electrons. The number of guanidine groups is 3. The molecule has 1 aliphatic rings. The number of aromatic hydroxyl groups is 1. The lowest BCUT2D eigenvalue weighted by Gasteiger charge is -2.31. The highest BCUT2D eigenvalue weighted by atomic mass is 16.3. The fraction of sp³-hybridized carbons (Fsp3) is 0.466. The van der Waals surface area contributed by atoms with E-state index in [1.807, 2.05) is 0 Å². The number of hydrogen-bond donors (Lipinski definition) is 16. The second-order valence-electron chi connectivity index (χ2n) is 21.5. The Hall–Kier alpha value is -10.0. The van der Waals surface area contributed by atoms with Crippen molar-refractivity contribution in [2.24, 2.45) is 66.8 Å². The van der Waals surface area contributed by atoms with Gasteiger partial charge in [-0.05, 0) is 86.1 Å². The zero-order chi connectivity index (χ0) is 64.9. The summed E-state index contributed by atoms with van der Waals surface area (Å²) in [5.41, 5.74) is 46.0. The van der Waals surface area contributed by atoms with Crippen LogP contribution in [0.1, 0.15) is 88.3 Å². The number of likely N-dealkylation sites (tertiary alicyclic amines) is 1. The van der Waals surface area contributed by atoms with E-state index in [-0.39, 0.29) is 114 Å². The van der Waals surface area contributed by atoms with E-state index in [9.17, 15) is 53.1 Å². The molecule has 3 aromatic rings. The summed E-state index contributed by atoms with van der Waals surface area (Å²) >= 11 is 0. The number of phenols is 1. The molecule has 1 saturated heterocycles. The Labute approximate surface area is 510 Å². The van der Waals surface area contributed by atoms with Crippen molar-refractivity contribution in [3.8, 4) is 5.75 Å². The predicted molar refractivity (Wildman–Crippen MR) is 328 cm³/mol. The number of aliphatic imine (C=N–C) groups is 3. The lowest BCUT2D eigenvalue weighted by atomic mass is 9.99. The maximum Gasteiger partial charge on any atom is 0.245 e. The number of carbonyl (C=O) groups is 10. The summed E-state index contributed by atoms with van der Waals surface area (Å²) in [6, 6.07) is 12.6. The summed E-state index contributed by atoms with van der Waals surface area (Å²) in [6.45, 7) is 3.41. The monoisotopic (exact) mass is 1220 g/mol. The van der Waals surface area contributed by atoms with Crippen molar-refractivity contribution in [1.82, 2.24) is 42.1 Å². The maximum atomic E-state index is 14.7. The highest BCUT2D eigenvalue weighted by molar-refractivity contribution is 5.99. The number of phenolic OH excluding ortho intramolecular Hbond substituents is 1. The van der Waals surface area contributed by atoms with Crippen LogP contribution in [0.15, 0.2) is 99.9 Å². The Bertz CT molecular complexity index is 2940. The first-order chi connectivity index (χ1) is 41.8. The number of nitrogens with two attached hydrogens (primary N) is 8. The summed E-state index contributed by atoms with van der Waals surface area (Å²) in [6.07, 6.45) is -0.132. The highest BCUT2D eigenvalue weighted by Crippen LogP contribution is 2.21.